The van der Waals surface area contributed by atoms with Gasteiger partial charge in [-0.1, -0.05) is 0 Å². The number of hydrogen-bond donors (Lipinski definition) is 1. The molecule has 0 aromatic carbocycles. The second-order valence-corrected chi connectivity index (χ2v) is 3.74. The van der Waals surface area contributed by atoms with Crippen LogP contribution in [0.25, 0.3) is 0 Å². The zero-order valence-corrected chi connectivity index (χ0v) is 8.36. The molecule has 0 spiro atoms. The maximum absolute atomic E-state index is 11.0. The lowest BCUT2D eigenvalue weighted by Crippen LogP contribution is -2.13. The Morgan fingerprint density at radius 2 is 2.40 bits per heavy atom. The van der Waals surface area contributed by atoms with Crippen LogP contribution in [0, 0.1) is 11.3 Å². The van der Waals surface area contributed by atoms with Gasteiger partial charge < -0.3 is 9.67 Å². The summed E-state index contributed by atoms with van der Waals surface area (Å²) in [6.45, 7) is 0.847. The summed E-state index contributed by atoms with van der Waals surface area (Å²) in [4.78, 5) is 11.0. The SMILES string of the molecule is N#CCc1c(C(=O)O)cc2n1CCCC2. The summed E-state index contributed by atoms with van der Waals surface area (Å²) in [5.41, 5.74) is 2.03. The molecule has 0 unspecified atom stereocenters. The van der Waals surface area contributed by atoms with Crippen LogP contribution in [0.3, 0.4) is 0 Å². The summed E-state index contributed by atoms with van der Waals surface area (Å²) in [5.74, 6) is -0.929. The largest absolute Gasteiger partial charge is 0.478 e. The van der Waals surface area contributed by atoms with Crippen molar-refractivity contribution < 1.29 is 9.90 Å². The van der Waals surface area contributed by atoms with Crippen LogP contribution in [-0.4, -0.2) is 15.6 Å². The van der Waals surface area contributed by atoms with Gasteiger partial charge in [-0.05, 0) is 25.3 Å². The molecule has 0 bridgehead atoms. The summed E-state index contributed by atoms with van der Waals surface area (Å²) < 4.78 is 2.00. The van der Waals surface area contributed by atoms with Crippen molar-refractivity contribution in [1.29, 1.82) is 5.26 Å². The third-order valence-electron chi connectivity index (χ3n) is 2.84. The number of nitriles is 1. The summed E-state index contributed by atoms with van der Waals surface area (Å²) in [5, 5.41) is 17.7. The molecule has 0 aliphatic carbocycles. The Balaban J connectivity index is 2.51. The Labute approximate surface area is 87.7 Å². The minimum atomic E-state index is -0.929. The molecule has 0 radical (unpaired) electrons. The number of nitrogens with zero attached hydrogens (tertiary/aromatic N) is 2. The fraction of sp³-hybridized carbons (Fsp3) is 0.455. The molecule has 0 saturated heterocycles. The average molecular weight is 204 g/mol. The summed E-state index contributed by atoms with van der Waals surface area (Å²) >= 11 is 0. The third kappa shape index (κ3) is 1.61. The first-order chi connectivity index (χ1) is 7.24. The average Bonchev–Trinajstić information content (AvgIpc) is 2.58. The lowest BCUT2D eigenvalue weighted by Gasteiger charge is -2.16. The van der Waals surface area contributed by atoms with Crippen molar-refractivity contribution in [2.45, 2.75) is 32.2 Å². The molecular formula is C11H12N2O2. The third-order valence-corrected chi connectivity index (χ3v) is 2.84. The van der Waals surface area contributed by atoms with Crippen molar-refractivity contribution in [2.24, 2.45) is 0 Å². The Kier molecular flexibility index (Phi) is 2.46. The van der Waals surface area contributed by atoms with Crippen LogP contribution >= 0.6 is 0 Å². The molecule has 1 aromatic heterocycles. The highest BCUT2D eigenvalue weighted by molar-refractivity contribution is 5.89. The number of fused-ring (bicyclic) bond motifs is 1. The number of carboxylic acid groups (broad SMARTS) is 1. The van der Waals surface area contributed by atoms with E-state index in [2.05, 4.69) is 0 Å². The Morgan fingerprint density at radius 1 is 1.60 bits per heavy atom. The van der Waals surface area contributed by atoms with E-state index in [9.17, 15) is 4.79 Å². The van der Waals surface area contributed by atoms with Crippen LogP contribution in [0.2, 0.25) is 0 Å². The van der Waals surface area contributed by atoms with E-state index in [0.717, 1.165) is 31.5 Å². The standard InChI is InChI=1S/C11H12N2O2/c12-5-4-10-9(11(14)15)7-8-3-1-2-6-13(8)10/h7H,1-4,6H2,(H,14,15). The first kappa shape index (κ1) is 9.78. The van der Waals surface area contributed by atoms with Crippen LogP contribution in [0.5, 0.6) is 0 Å². The minimum Gasteiger partial charge on any atom is -0.478 e. The predicted molar refractivity (Wildman–Crippen MR) is 53.6 cm³/mol. The van der Waals surface area contributed by atoms with E-state index in [1.807, 2.05) is 10.6 Å². The van der Waals surface area contributed by atoms with E-state index in [4.69, 9.17) is 10.4 Å². The van der Waals surface area contributed by atoms with Crippen LogP contribution < -0.4 is 0 Å². The van der Waals surface area contributed by atoms with Crippen molar-refractivity contribution >= 4 is 5.97 Å². The lowest BCUT2D eigenvalue weighted by molar-refractivity contribution is 0.0695. The number of aromatic nitrogens is 1. The van der Waals surface area contributed by atoms with Gasteiger partial charge in [-0.25, -0.2) is 4.79 Å². The molecule has 1 aliphatic heterocycles. The van der Waals surface area contributed by atoms with Gasteiger partial charge >= 0.3 is 5.97 Å². The molecule has 0 atom stereocenters. The second kappa shape index (κ2) is 3.77. The molecule has 4 heteroatoms. The molecule has 1 aliphatic rings. The van der Waals surface area contributed by atoms with E-state index in [1.54, 1.807) is 6.07 Å². The first-order valence-electron chi connectivity index (χ1n) is 5.05. The van der Waals surface area contributed by atoms with Crippen LogP contribution in [0.15, 0.2) is 6.07 Å². The summed E-state index contributed by atoms with van der Waals surface area (Å²) in [6.07, 6.45) is 3.28. The van der Waals surface area contributed by atoms with Crippen LogP contribution in [0.4, 0.5) is 0 Å². The maximum atomic E-state index is 11.0. The smallest absolute Gasteiger partial charge is 0.337 e. The Bertz CT molecular complexity index is 440. The number of hydrogen-bond acceptors (Lipinski definition) is 2. The normalized spacial score (nSPS) is 14.3. The van der Waals surface area contributed by atoms with E-state index < -0.39 is 5.97 Å². The van der Waals surface area contributed by atoms with Crippen molar-refractivity contribution in [3.8, 4) is 6.07 Å². The zero-order valence-electron chi connectivity index (χ0n) is 8.36. The first-order valence-corrected chi connectivity index (χ1v) is 5.05. The molecule has 2 rings (SSSR count). The predicted octanol–water partition coefficient (Wildman–Crippen LogP) is 1.59. The lowest BCUT2D eigenvalue weighted by atomic mass is 10.1. The molecule has 0 fully saturated rings. The Hall–Kier alpha value is -1.76. The van der Waals surface area contributed by atoms with E-state index in [0.29, 0.717) is 11.3 Å². The summed E-state index contributed by atoms with van der Waals surface area (Å²) in [6, 6.07) is 3.75. The molecular weight excluding hydrogens is 192 g/mol. The highest BCUT2D eigenvalue weighted by atomic mass is 16.4. The van der Waals surface area contributed by atoms with E-state index >= 15 is 0 Å². The molecule has 1 N–H and O–H groups in total. The highest BCUT2D eigenvalue weighted by Crippen LogP contribution is 2.23. The van der Waals surface area contributed by atoms with Gasteiger partial charge in [-0.2, -0.15) is 5.26 Å². The fourth-order valence-corrected chi connectivity index (χ4v) is 2.16. The molecule has 4 nitrogen and oxygen atoms in total. The van der Waals surface area contributed by atoms with Gasteiger partial charge in [0, 0.05) is 17.9 Å². The van der Waals surface area contributed by atoms with Crippen molar-refractivity contribution in [2.75, 3.05) is 0 Å². The zero-order chi connectivity index (χ0) is 10.8. The number of carboxylic acids is 1. The van der Waals surface area contributed by atoms with Gasteiger partial charge in [-0.15, -0.1) is 0 Å². The van der Waals surface area contributed by atoms with Gasteiger partial charge in [0.2, 0.25) is 0 Å². The number of rotatable bonds is 2. The van der Waals surface area contributed by atoms with Crippen molar-refractivity contribution in [3.05, 3.63) is 23.0 Å². The number of aromatic carboxylic acids is 1. The van der Waals surface area contributed by atoms with Gasteiger partial charge in [0.15, 0.2) is 0 Å². The van der Waals surface area contributed by atoms with Crippen molar-refractivity contribution in [1.82, 2.24) is 4.57 Å². The molecule has 0 saturated carbocycles. The minimum absolute atomic E-state index is 0.182. The van der Waals surface area contributed by atoms with Gasteiger partial charge in [0.1, 0.15) is 0 Å². The topological polar surface area (TPSA) is 66.0 Å². The highest BCUT2D eigenvalue weighted by Gasteiger charge is 2.21. The quantitative estimate of drug-likeness (QED) is 0.795. The van der Waals surface area contributed by atoms with Crippen molar-refractivity contribution in [3.63, 3.8) is 0 Å². The van der Waals surface area contributed by atoms with Crippen LogP contribution in [-0.2, 0) is 19.4 Å². The molecule has 2 heterocycles. The number of carbonyl (C=O) groups is 1. The van der Waals surface area contributed by atoms with Gasteiger partial charge in [0.25, 0.3) is 0 Å². The fourth-order valence-electron chi connectivity index (χ4n) is 2.16. The molecule has 0 amide bonds. The van der Waals surface area contributed by atoms with Gasteiger partial charge in [0.05, 0.1) is 18.1 Å². The maximum Gasteiger partial charge on any atom is 0.337 e. The summed E-state index contributed by atoms with van der Waals surface area (Å²) in [7, 11) is 0. The molecule has 15 heavy (non-hydrogen) atoms. The monoisotopic (exact) mass is 204 g/mol. The molecule has 78 valence electrons. The van der Waals surface area contributed by atoms with E-state index in [1.165, 1.54) is 0 Å². The van der Waals surface area contributed by atoms with Crippen LogP contribution in [0.1, 0.15) is 34.6 Å². The number of aryl methyl sites for hydroxylation is 1. The Morgan fingerprint density at radius 3 is 3.07 bits per heavy atom. The molecule has 1 aromatic rings. The van der Waals surface area contributed by atoms with Gasteiger partial charge in [-0.3, -0.25) is 0 Å². The second-order valence-electron chi connectivity index (χ2n) is 3.74. The van der Waals surface area contributed by atoms with E-state index in [-0.39, 0.29) is 6.42 Å².